The minimum Gasteiger partial charge on any atom is -0.444 e. The summed E-state index contributed by atoms with van der Waals surface area (Å²) in [7, 11) is 0. The first-order chi connectivity index (χ1) is 9.96. The molecule has 0 aromatic heterocycles. The molecule has 2 fully saturated rings. The molecule has 2 aliphatic rings. The van der Waals surface area contributed by atoms with E-state index in [2.05, 4.69) is 10.2 Å². The molecule has 122 valence electrons. The summed E-state index contributed by atoms with van der Waals surface area (Å²) in [5.41, 5.74) is -0.409. The van der Waals surface area contributed by atoms with Gasteiger partial charge in [0.1, 0.15) is 5.60 Å². The van der Waals surface area contributed by atoms with Gasteiger partial charge in [0, 0.05) is 32.2 Å². The summed E-state index contributed by atoms with van der Waals surface area (Å²) in [5.74, 6) is 0. The van der Waals surface area contributed by atoms with E-state index in [1.807, 2.05) is 25.7 Å². The highest BCUT2D eigenvalue weighted by atomic mass is 16.6. The van der Waals surface area contributed by atoms with Gasteiger partial charge in [-0.3, -0.25) is 0 Å². The molecule has 0 bridgehead atoms. The first-order valence-electron chi connectivity index (χ1n) is 8.38. The lowest BCUT2D eigenvalue weighted by Crippen LogP contribution is -2.45. The van der Waals surface area contributed by atoms with Gasteiger partial charge >= 0.3 is 6.09 Å². The Morgan fingerprint density at radius 3 is 2.57 bits per heavy atom. The Labute approximate surface area is 129 Å². The molecule has 1 N–H and O–H groups in total. The van der Waals surface area contributed by atoms with E-state index in [1.54, 1.807) is 0 Å². The third-order valence-electron chi connectivity index (χ3n) is 4.19. The molecular formula is C16H31N3O2. The molecule has 0 spiro atoms. The fourth-order valence-corrected chi connectivity index (χ4v) is 3.12. The fourth-order valence-electron chi connectivity index (χ4n) is 3.12. The average molecular weight is 297 g/mol. The van der Waals surface area contributed by atoms with Gasteiger partial charge < -0.3 is 19.9 Å². The lowest BCUT2D eigenvalue weighted by Gasteiger charge is -2.29. The van der Waals surface area contributed by atoms with Crippen molar-refractivity contribution < 1.29 is 9.53 Å². The predicted molar refractivity (Wildman–Crippen MR) is 84.5 cm³/mol. The molecule has 2 heterocycles. The molecule has 1 atom stereocenters. The van der Waals surface area contributed by atoms with E-state index in [4.69, 9.17) is 4.74 Å². The predicted octanol–water partition coefficient (Wildman–Crippen LogP) is 2.07. The highest BCUT2D eigenvalue weighted by molar-refractivity contribution is 5.69. The zero-order valence-electron chi connectivity index (χ0n) is 13.9. The summed E-state index contributed by atoms with van der Waals surface area (Å²) in [6, 6.07) is 0.290. The fraction of sp³-hybridized carbons (Fsp3) is 0.938. The number of hydrogen-bond donors (Lipinski definition) is 1. The van der Waals surface area contributed by atoms with Crippen LogP contribution in [-0.2, 0) is 4.74 Å². The first kappa shape index (κ1) is 16.6. The van der Waals surface area contributed by atoms with Crippen molar-refractivity contribution in [1.29, 1.82) is 0 Å². The summed E-state index contributed by atoms with van der Waals surface area (Å²) in [4.78, 5) is 16.6. The van der Waals surface area contributed by atoms with Crippen molar-refractivity contribution in [2.75, 3.05) is 39.3 Å². The van der Waals surface area contributed by atoms with Crippen molar-refractivity contribution in [2.45, 2.75) is 58.1 Å². The van der Waals surface area contributed by atoms with Crippen molar-refractivity contribution in [3.63, 3.8) is 0 Å². The maximum atomic E-state index is 12.2. The van der Waals surface area contributed by atoms with Crippen LogP contribution in [0.4, 0.5) is 4.79 Å². The number of amides is 1. The van der Waals surface area contributed by atoms with Crippen LogP contribution in [0.5, 0.6) is 0 Å². The normalized spacial score (nSPS) is 23.8. The Morgan fingerprint density at radius 1 is 1.19 bits per heavy atom. The maximum Gasteiger partial charge on any atom is 0.410 e. The van der Waals surface area contributed by atoms with Crippen molar-refractivity contribution in [2.24, 2.45) is 0 Å². The van der Waals surface area contributed by atoms with Crippen molar-refractivity contribution in [1.82, 2.24) is 15.1 Å². The van der Waals surface area contributed by atoms with Crippen molar-refractivity contribution in [3.05, 3.63) is 0 Å². The van der Waals surface area contributed by atoms with Gasteiger partial charge in [0.25, 0.3) is 0 Å². The number of ether oxygens (including phenoxy) is 1. The van der Waals surface area contributed by atoms with Gasteiger partial charge in [-0.05, 0) is 59.5 Å². The Hall–Kier alpha value is -0.810. The molecule has 0 aliphatic carbocycles. The van der Waals surface area contributed by atoms with E-state index >= 15 is 0 Å². The molecule has 2 rings (SSSR count). The number of hydrogen-bond acceptors (Lipinski definition) is 4. The molecular weight excluding hydrogens is 266 g/mol. The van der Waals surface area contributed by atoms with E-state index in [9.17, 15) is 4.79 Å². The van der Waals surface area contributed by atoms with Gasteiger partial charge in [0.2, 0.25) is 0 Å². The van der Waals surface area contributed by atoms with Crippen LogP contribution in [0.25, 0.3) is 0 Å². The van der Waals surface area contributed by atoms with E-state index < -0.39 is 5.60 Å². The standard InChI is InChI=1S/C16H31N3O2/c1-16(2,3)21-15(20)19-11-6-7-14(19)13-17-8-12-18-9-4-5-10-18/h14,17H,4-13H2,1-3H3. The average Bonchev–Trinajstić information content (AvgIpc) is 3.04. The molecule has 2 aliphatic heterocycles. The van der Waals surface area contributed by atoms with Crippen LogP contribution in [0, 0.1) is 0 Å². The number of likely N-dealkylation sites (tertiary alicyclic amines) is 2. The first-order valence-corrected chi connectivity index (χ1v) is 8.38. The highest BCUT2D eigenvalue weighted by Crippen LogP contribution is 2.20. The maximum absolute atomic E-state index is 12.2. The largest absolute Gasteiger partial charge is 0.444 e. The summed E-state index contributed by atoms with van der Waals surface area (Å²) in [5, 5.41) is 3.51. The minimum absolute atomic E-state index is 0.161. The summed E-state index contributed by atoms with van der Waals surface area (Å²) in [6.07, 6.45) is 4.68. The summed E-state index contributed by atoms with van der Waals surface area (Å²) in [6.45, 7) is 12.1. The van der Waals surface area contributed by atoms with Gasteiger partial charge in [0.05, 0.1) is 0 Å². The van der Waals surface area contributed by atoms with Gasteiger partial charge in [-0.1, -0.05) is 0 Å². The zero-order chi connectivity index (χ0) is 15.3. The zero-order valence-corrected chi connectivity index (χ0v) is 13.9. The van der Waals surface area contributed by atoms with E-state index in [-0.39, 0.29) is 6.09 Å². The highest BCUT2D eigenvalue weighted by Gasteiger charge is 2.31. The molecule has 5 heteroatoms. The van der Waals surface area contributed by atoms with Gasteiger partial charge in [-0.15, -0.1) is 0 Å². The summed E-state index contributed by atoms with van der Waals surface area (Å²) < 4.78 is 5.49. The minimum atomic E-state index is -0.409. The monoisotopic (exact) mass is 297 g/mol. The smallest absolute Gasteiger partial charge is 0.410 e. The van der Waals surface area contributed by atoms with Crippen LogP contribution in [-0.4, -0.2) is 66.8 Å². The van der Waals surface area contributed by atoms with Crippen molar-refractivity contribution in [3.8, 4) is 0 Å². The molecule has 21 heavy (non-hydrogen) atoms. The number of nitrogens with one attached hydrogen (secondary N) is 1. The van der Waals surface area contributed by atoms with Crippen LogP contribution < -0.4 is 5.32 Å². The molecule has 0 radical (unpaired) electrons. The van der Waals surface area contributed by atoms with E-state index in [1.165, 1.54) is 25.9 Å². The van der Waals surface area contributed by atoms with Crippen LogP contribution in [0.3, 0.4) is 0 Å². The summed E-state index contributed by atoms with van der Waals surface area (Å²) >= 11 is 0. The molecule has 0 saturated carbocycles. The van der Waals surface area contributed by atoms with Gasteiger partial charge in [0.15, 0.2) is 0 Å². The quantitative estimate of drug-likeness (QED) is 0.789. The molecule has 1 unspecified atom stereocenters. The number of carbonyl (C=O) groups is 1. The Bertz CT molecular complexity index is 335. The van der Waals surface area contributed by atoms with Crippen LogP contribution in [0.1, 0.15) is 46.5 Å². The number of nitrogens with zero attached hydrogens (tertiary/aromatic N) is 2. The molecule has 5 nitrogen and oxygen atoms in total. The van der Waals surface area contributed by atoms with E-state index in [0.717, 1.165) is 39.0 Å². The topological polar surface area (TPSA) is 44.8 Å². The SMILES string of the molecule is CC(C)(C)OC(=O)N1CCCC1CNCCN1CCCC1. The second-order valence-corrected chi connectivity index (χ2v) is 7.22. The van der Waals surface area contributed by atoms with Crippen LogP contribution in [0.15, 0.2) is 0 Å². The van der Waals surface area contributed by atoms with Crippen molar-refractivity contribution >= 4 is 6.09 Å². The molecule has 2 saturated heterocycles. The third-order valence-corrected chi connectivity index (χ3v) is 4.19. The van der Waals surface area contributed by atoms with Crippen LogP contribution in [0.2, 0.25) is 0 Å². The third kappa shape index (κ3) is 5.47. The van der Waals surface area contributed by atoms with Crippen LogP contribution >= 0.6 is 0 Å². The lowest BCUT2D eigenvalue weighted by atomic mass is 10.2. The second kappa shape index (κ2) is 7.45. The van der Waals surface area contributed by atoms with Gasteiger partial charge in [-0.25, -0.2) is 4.79 Å². The number of carbonyl (C=O) groups excluding carboxylic acids is 1. The molecule has 1 amide bonds. The second-order valence-electron chi connectivity index (χ2n) is 7.22. The lowest BCUT2D eigenvalue weighted by molar-refractivity contribution is 0.0226. The molecule has 0 aromatic carbocycles. The Balaban J connectivity index is 1.67. The van der Waals surface area contributed by atoms with E-state index in [0.29, 0.717) is 6.04 Å². The Kier molecular flexibility index (Phi) is 5.88. The Morgan fingerprint density at radius 2 is 1.90 bits per heavy atom. The molecule has 0 aromatic rings. The number of rotatable bonds is 5. The van der Waals surface area contributed by atoms with Gasteiger partial charge in [-0.2, -0.15) is 0 Å².